The van der Waals surface area contributed by atoms with Gasteiger partial charge in [0.25, 0.3) is 0 Å². The summed E-state index contributed by atoms with van der Waals surface area (Å²) in [5.41, 5.74) is 2.59. The lowest BCUT2D eigenvalue weighted by Gasteiger charge is -2.18. The molecule has 0 amide bonds. The van der Waals surface area contributed by atoms with Crippen LogP contribution in [-0.2, 0) is 13.1 Å². The summed E-state index contributed by atoms with van der Waals surface area (Å²) in [5, 5.41) is 3.37. The van der Waals surface area contributed by atoms with Crippen LogP contribution in [0, 0.1) is 6.92 Å². The minimum Gasteiger partial charge on any atom is -0.369 e. The van der Waals surface area contributed by atoms with E-state index in [4.69, 9.17) is 0 Å². The zero-order chi connectivity index (χ0) is 13.7. The Hall–Kier alpha value is -1.32. The van der Waals surface area contributed by atoms with Gasteiger partial charge >= 0.3 is 0 Å². The van der Waals surface area contributed by atoms with Gasteiger partial charge in [0.05, 0.1) is 6.54 Å². The highest BCUT2D eigenvalue weighted by molar-refractivity contribution is 7.12. The minimum atomic E-state index is 0.972. The van der Waals surface area contributed by atoms with E-state index >= 15 is 0 Å². The fourth-order valence-electron chi connectivity index (χ4n) is 2.04. The maximum Gasteiger partial charge on any atom is 0.0519 e. The van der Waals surface area contributed by atoms with Crippen molar-refractivity contribution in [3.05, 3.63) is 51.7 Å². The molecule has 1 aromatic carbocycles. The lowest BCUT2D eigenvalue weighted by Crippen LogP contribution is -2.15. The molecule has 0 atom stereocenters. The lowest BCUT2D eigenvalue weighted by molar-refractivity contribution is 0.735. The van der Waals surface area contributed by atoms with Crippen LogP contribution in [-0.4, -0.2) is 13.6 Å². The molecule has 0 fully saturated rings. The van der Waals surface area contributed by atoms with Crippen molar-refractivity contribution in [3.63, 3.8) is 0 Å². The SMILES string of the molecule is CCNCc1ccc(CN(C)c2cccc(C)c2)s1. The molecule has 0 aliphatic rings. The van der Waals surface area contributed by atoms with Crippen LogP contribution in [0.2, 0.25) is 0 Å². The number of nitrogens with zero attached hydrogens (tertiary/aromatic N) is 1. The van der Waals surface area contributed by atoms with Crippen LogP contribution >= 0.6 is 11.3 Å². The number of aryl methyl sites for hydroxylation is 1. The van der Waals surface area contributed by atoms with Crippen molar-refractivity contribution in [1.82, 2.24) is 5.32 Å². The monoisotopic (exact) mass is 274 g/mol. The Bertz CT molecular complexity index is 519. The van der Waals surface area contributed by atoms with Gasteiger partial charge in [-0.1, -0.05) is 19.1 Å². The molecule has 19 heavy (non-hydrogen) atoms. The highest BCUT2D eigenvalue weighted by Gasteiger charge is 2.05. The number of hydrogen-bond acceptors (Lipinski definition) is 3. The highest BCUT2D eigenvalue weighted by Crippen LogP contribution is 2.21. The first-order chi connectivity index (χ1) is 9.19. The Kier molecular flexibility index (Phi) is 5.00. The van der Waals surface area contributed by atoms with Crippen LogP contribution in [0.5, 0.6) is 0 Å². The number of anilines is 1. The summed E-state index contributed by atoms with van der Waals surface area (Å²) in [7, 11) is 2.15. The number of nitrogens with one attached hydrogen (secondary N) is 1. The van der Waals surface area contributed by atoms with Crippen LogP contribution in [0.4, 0.5) is 5.69 Å². The van der Waals surface area contributed by atoms with Crippen LogP contribution in [0.25, 0.3) is 0 Å². The van der Waals surface area contributed by atoms with Crippen molar-refractivity contribution in [1.29, 1.82) is 0 Å². The average Bonchev–Trinajstić information content (AvgIpc) is 2.84. The van der Waals surface area contributed by atoms with Gasteiger partial charge in [0.1, 0.15) is 0 Å². The van der Waals surface area contributed by atoms with E-state index in [1.165, 1.54) is 21.0 Å². The number of hydrogen-bond donors (Lipinski definition) is 1. The van der Waals surface area contributed by atoms with Crippen LogP contribution in [0.3, 0.4) is 0 Å². The van der Waals surface area contributed by atoms with E-state index < -0.39 is 0 Å². The van der Waals surface area contributed by atoms with Crippen LogP contribution < -0.4 is 10.2 Å². The third kappa shape index (κ3) is 4.08. The smallest absolute Gasteiger partial charge is 0.0519 e. The second-order valence-electron chi connectivity index (χ2n) is 4.84. The van der Waals surface area contributed by atoms with Gasteiger partial charge in [-0.2, -0.15) is 0 Å². The van der Waals surface area contributed by atoms with E-state index in [1.807, 2.05) is 11.3 Å². The number of benzene rings is 1. The van der Waals surface area contributed by atoms with Gasteiger partial charge in [0.2, 0.25) is 0 Å². The number of rotatable bonds is 6. The molecule has 1 aromatic heterocycles. The molecule has 2 rings (SSSR count). The Morgan fingerprint density at radius 2 is 1.95 bits per heavy atom. The molecule has 2 nitrogen and oxygen atoms in total. The second-order valence-corrected chi connectivity index (χ2v) is 6.10. The molecule has 1 N–H and O–H groups in total. The van der Waals surface area contributed by atoms with Crippen molar-refractivity contribution in [2.24, 2.45) is 0 Å². The van der Waals surface area contributed by atoms with Crippen molar-refractivity contribution in [2.45, 2.75) is 26.9 Å². The predicted molar refractivity (Wildman–Crippen MR) is 85.0 cm³/mol. The minimum absolute atomic E-state index is 0.972. The van der Waals surface area contributed by atoms with Gasteiger partial charge < -0.3 is 10.2 Å². The van der Waals surface area contributed by atoms with Gasteiger partial charge in [-0.05, 0) is 43.3 Å². The molecule has 0 aliphatic heterocycles. The molecular weight excluding hydrogens is 252 g/mol. The maximum atomic E-state index is 3.37. The Labute approximate surface area is 120 Å². The summed E-state index contributed by atoms with van der Waals surface area (Å²) in [6.45, 7) is 7.25. The summed E-state index contributed by atoms with van der Waals surface area (Å²) in [6, 6.07) is 13.1. The van der Waals surface area contributed by atoms with E-state index in [1.54, 1.807) is 0 Å². The van der Waals surface area contributed by atoms with Gasteiger partial charge in [-0.15, -0.1) is 11.3 Å². The van der Waals surface area contributed by atoms with E-state index in [0.29, 0.717) is 0 Å². The van der Waals surface area contributed by atoms with Gasteiger partial charge in [0, 0.05) is 29.0 Å². The van der Waals surface area contributed by atoms with Crippen molar-refractivity contribution >= 4 is 17.0 Å². The van der Waals surface area contributed by atoms with Crippen LogP contribution in [0.1, 0.15) is 22.2 Å². The molecule has 102 valence electrons. The Morgan fingerprint density at radius 1 is 1.16 bits per heavy atom. The Morgan fingerprint density at radius 3 is 2.68 bits per heavy atom. The zero-order valence-electron chi connectivity index (χ0n) is 11.9. The molecule has 3 heteroatoms. The summed E-state index contributed by atoms with van der Waals surface area (Å²) >= 11 is 1.90. The first-order valence-electron chi connectivity index (χ1n) is 6.75. The fraction of sp³-hybridized carbons (Fsp3) is 0.375. The standard InChI is InChI=1S/C16H22N2S/c1-4-17-11-15-8-9-16(19-15)12-18(3)14-7-5-6-13(2)10-14/h5-10,17H,4,11-12H2,1-3H3. The van der Waals surface area contributed by atoms with Crippen molar-refractivity contribution in [2.75, 3.05) is 18.5 Å². The molecule has 1 heterocycles. The molecule has 0 aliphatic carbocycles. The topological polar surface area (TPSA) is 15.3 Å². The van der Waals surface area contributed by atoms with Gasteiger partial charge in [0.15, 0.2) is 0 Å². The first kappa shape index (κ1) is 14.1. The maximum absolute atomic E-state index is 3.37. The van der Waals surface area contributed by atoms with E-state index in [2.05, 4.69) is 67.5 Å². The largest absolute Gasteiger partial charge is 0.369 e. The zero-order valence-corrected chi connectivity index (χ0v) is 12.8. The molecule has 0 radical (unpaired) electrons. The average molecular weight is 274 g/mol. The van der Waals surface area contributed by atoms with E-state index in [0.717, 1.165) is 19.6 Å². The first-order valence-corrected chi connectivity index (χ1v) is 7.57. The third-order valence-corrected chi connectivity index (χ3v) is 4.17. The Balaban J connectivity index is 1.98. The quantitative estimate of drug-likeness (QED) is 0.862. The normalized spacial score (nSPS) is 10.7. The van der Waals surface area contributed by atoms with Gasteiger partial charge in [-0.3, -0.25) is 0 Å². The summed E-state index contributed by atoms with van der Waals surface area (Å²) in [6.07, 6.45) is 0. The summed E-state index contributed by atoms with van der Waals surface area (Å²) < 4.78 is 0. The second kappa shape index (κ2) is 6.73. The molecule has 0 saturated heterocycles. The molecule has 2 aromatic rings. The third-order valence-electron chi connectivity index (χ3n) is 3.10. The van der Waals surface area contributed by atoms with Crippen molar-refractivity contribution < 1.29 is 0 Å². The molecule has 0 unspecified atom stereocenters. The molecular formula is C16H22N2S. The predicted octanol–water partition coefficient (Wildman–Crippen LogP) is 3.80. The number of thiophene rings is 1. The van der Waals surface area contributed by atoms with E-state index in [-0.39, 0.29) is 0 Å². The fourth-order valence-corrected chi connectivity index (χ4v) is 3.08. The molecule has 0 bridgehead atoms. The van der Waals surface area contributed by atoms with Crippen LogP contribution in [0.15, 0.2) is 36.4 Å². The lowest BCUT2D eigenvalue weighted by atomic mass is 10.2. The van der Waals surface area contributed by atoms with Gasteiger partial charge in [-0.25, -0.2) is 0 Å². The van der Waals surface area contributed by atoms with Crippen molar-refractivity contribution in [3.8, 4) is 0 Å². The van der Waals surface area contributed by atoms with E-state index in [9.17, 15) is 0 Å². The summed E-state index contributed by atoms with van der Waals surface area (Å²) in [4.78, 5) is 5.13. The molecule has 0 spiro atoms. The summed E-state index contributed by atoms with van der Waals surface area (Å²) in [5.74, 6) is 0. The highest BCUT2D eigenvalue weighted by atomic mass is 32.1. The molecule has 0 saturated carbocycles.